The van der Waals surface area contributed by atoms with Crippen LogP contribution in [0.1, 0.15) is 11.1 Å². The Morgan fingerprint density at radius 1 is 0.619 bits per heavy atom. The van der Waals surface area contributed by atoms with Crippen LogP contribution in [0.25, 0.3) is 22.3 Å². The predicted octanol–water partition coefficient (Wildman–Crippen LogP) is 6.40. The summed E-state index contributed by atoms with van der Waals surface area (Å²) in [6.45, 7) is 4.29. The van der Waals surface area contributed by atoms with E-state index in [1.165, 1.54) is 37.9 Å². The number of rotatable bonds is 2. The first-order valence-electron chi connectivity index (χ1n) is 7.08. The lowest BCUT2D eigenvalue weighted by Crippen LogP contribution is -1.88. The van der Waals surface area contributed by atoms with Crippen LogP contribution in [0.3, 0.4) is 0 Å². The first kappa shape index (κ1) is 14.1. The molecule has 3 aromatic carbocycles. The maximum atomic E-state index is 3.65. The van der Waals surface area contributed by atoms with E-state index >= 15 is 0 Å². The molecule has 1 heteroatoms. The number of benzene rings is 3. The fraction of sp³-hybridized carbons (Fsp3) is 0.100. The molecule has 0 fully saturated rings. The fourth-order valence-corrected chi connectivity index (χ4v) is 2.93. The van der Waals surface area contributed by atoms with Crippen molar-refractivity contribution in [2.75, 3.05) is 0 Å². The standard InChI is InChI=1S/C20H17Br/c1-14-12-17(13-15(2)20(14)21)19-11-7-6-10-18(19)16-8-4-3-5-9-16/h3-13H,1-2H3. The van der Waals surface area contributed by atoms with E-state index in [-0.39, 0.29) is 0 Å². The first-order chi connectivity index (χ1) is 10.2. The van der Waals surface area contributed by atoms with Crippen LogP contribution in [-0.4, -0.2) is 0 Å². The molecule has 0 aliphatic rings. The molecule has 0 aliphatic carbocycles. The van der Waals surface area contributed by atoms with Gasteiger partial charge in [-0.15, -0.1) is 0 Å². The van der Waals surface area contributed by atoms with Gasteiger partial charge in [0.25, 0.3) is 0 Å². The van der Waals surface area contributed by atoms with Crippen LogP contribution in [0.15, 0.2) is 71.2 Å². The Morgan fingerprint density at radius 3 is 1.67 bits per heavy atom. The third kappa shape index (κ3) is 2.79. The quantitative estimate of drug-likeness (QED) is 0.507. The minimum Gasteiger partial charge on any atom is -0.0622 e. The molecule has 0 saturated heterocycles. The van der Waals surface area contributed by atoms with E-state index in [0.29, 0.717) is 0 Å². The maximum Gasteiger partial charge on any atom is 0.0234 e. The summed E-state index contributed by atoms with van der Waals surface area (Å²) in [4.78, 5) is 0. The Hall–Kier alpha value is -1.86. The molecule has 21 heavy (non-hydrogen) atoms. The zero-order valence-electron chi connectivity index (χ0n) is 12.2. The van der Waals surface area contributed by atoms with Crippen LogP contribution in [0.2, 0.25) is 0 Å². The van der Waals surface area contributed by atoms with Crippen LogP contribution < -0.4 is 0 Å². The maximum absolute atomic E-state index is 3.65. The SMILES string of the molecule is Cc1cc(-c2ccccc2-c2ccccc2)cc(C)c1Br. The molecule has 0 aliphatic heterocycles. The van der Waals surface area contributed by atoms with Crippen LogP contribution in [0.4, 0.5) is 0 Å². The van der Waals surface area contributed by atoms with Crippen molar-refractivity contribution in [2.45, 2.75) is 13.8 Å². The second-order valence-electron chi connectivity index (χ2n) is 5.34. The van der Waals surface area contributed by atoms with E-state index in [2.05, 4.69) is 96.5 Å². The second kappa shape index (κ2) is 5.87. The third-order valence-corrected chi connectivity index (χ3v) is 5.01. The van der Waals surface area contributed by atoms with Crippen LogP contribution >= 0.6 is 15.9 Å². The molecule has 104 valence electrons. The molecule has 0 atom stereocenters. The van der Waals surface area contributed by atoms with Crippen LogP contribution in [-0.2, 0) is 0 Å². The van der Waals surface area contributed by atoms with Crippen molar-refractivity contribution < 1.29 is 0 Å². The molecule has 0 radical (unpaired) electrons. The molecule has 0 N–H and O–H groups in total. The molecule has 0 aromatic heterocycles. The van der Waals surface area contributed by atoms with Crippen LogP contribution in [0, 0.1) is 13.8 Å². The number of hydrogen-bond donors (Lipinski definition) is 0. The van der Waals surface area contributed by atoms with E-state index < -0.39 is 0 Å². The number of aryl methyl sites for hydroxylation is 2. The third-order valence-electron chi connectivity index (χ3n) is 3.76. The second-order valence-corrected chi connectivity index (χ2v) is 6.13. The van der Waals surface area contributed by atoms with Gasteiger partial charge in [0.1, 0.15) is 0 Å². The molecule has 0 amide bonds. The summed E-state index contributed by atoms with van der Waals surface area (Å²) < 4.78 is 1.20. The van der Waals surface area contributed by atoms with E-state index in [1.807, 2.05) is 0 Å². The van der Waals surface area contributed by atoms with E-state index in [4.69, 9.17) is 0 Å². The van der Waals surface area contributed by atoms with Gasteiger partial charge in [-0.2, -0.15) is 0 Å². The molecule has 0 bridgehead atoms. The first-order valence-corrected chi connectivity index (χ1v) is 7.87. The van der Waals surface area contributed by atoms with Crippen molar-refractivity contribution in [3.63, 3.8) is 0 Å². The smallest absolute Gasteiger partial charge is 0.0234 e. The van der Waals surface area contributed by atoms with Gasteiger partial charge < -0.3 is 0 Å². The van der Waals surface area contributed by atoms with Gasteiger partial charge in [-0.3, -0.25) is 0 Å². The van der Waals surface area contributed by atoms with Gasteiger partial charge in [0.2, 0.25) is 0 Å². The molecule has 0 saturated carbocycles. The highest BCUT2D eigenvalue weighted by molar-refractivity contribution is 9.10. The van der Waals surface area contributed by atoms with Crippen molar-refractivity contribution in [1.29, 1.82) is 0 Å². The van der Waals surface area contributed by atoms with Gasteiger partial charge in [-0.1, -0.05) is 82.7 Å². The summed E-state index contributed by atoms with van der Waals surface area (Å²) in [5.74, 6) is 0. The number of halogens is 1. The predicted molar refractivity (Wildman–Crippen MR) is 94.5 cm³/mol. The highest BCUT2D eigenvalue weighted by Crippen LogP contribution is 2.34. The molecular weight excluding hydrogens is 320 g/mol. The van der Waals surface area contributed by atoms with Crippen molar-refractivity contribution >= 4 is 15.9 Å². The van der Waals surface area contributed by atoms with Crippen molar-refractivity contribution in [3.05, 3.63) is 82.3 Å². The highest BCUT2D eigenvalue weighted by atomic mass is 79.9. The minimum atomic E-state index is 1.20. The molecule has 0 unspecified atom stereocenters. The molecule has 3 rings (SSSR count). The molecule has 3 aromatic rings. The minimum absolute atomic E-state index is 1.20. The zero-order valence-corrected chi connectivity index (χ0v) is 13.8. The van der Waals surface area contributed by atoms with Crippen molar-refractivity contribution in [3.8, 4) is 22.3 Å². The van der Waals surface area contributed by atoms with Gasteiger partial charge in [0.15, 0.2) is 0 Å². The van der Waals surface area contributed by atoms with Gasteiger partial charge in [0.05, 0.1) is 0 Å². The lowest BCUT2D eigenvalue weighted by atomic mass is 9.93. The van der Waals surface area contributed by atoms with E-state index in [0.717, 1.165) is 0 Å². The zero-order chi connectivity index (χ0) is 14.8. The number of hydrogen-bond acceptors (Lipinski definition) is 0. The van der Waals surface area contributed by atoms with Crippen LogP contribution in [0.5, 0.6) is 0 Å². The van der Waals surface area contributed by atoms with Crippen molar-refractivity contribution in [2.24, 2.45) is 0 Å². The van der Waals surface area contributed by atoms with E-state index in [1.54, 1.807) is 0 Å². The summed E-state index contributed by atoms with van der Waals surface area (Å²) in [5.41, 5.74) is 7.63. The Labute approximate surface area is 134 Å². The fourth-order valence-electron chi connectivity index (χ4n) is 2.71. The van der Waals surface area contributed by atoms with Gasteiger partial charge in [0, 0.05) is 4.47 Å². The molecule has 0 heterocycles. The lowest BCUT2D eigenvalue weighted by molar-refractivity contribution is 1.34. The Kier molecular flexibility index (Phi) is 3.94. The Balaban J connectivity index is 2.21. The summed E-state index contributed by atoms with van der Waals surface area (Å²) in [6.07, 6.45) is 0. The molecular formula is C20H17Br. The normalized spacial score (nSPS) is 10.6. The Bertz CT molecular complexity index is 750. The van der Waals surface area contributed by atoms with Gasteiger partial charge in [-0.05, 0) is 47.2 Å². The summed E-state index contributed by atoms with van der Waals surface area (Å²) in [6, 6.07) is 23.7. The Morgan fingerprint density at radius 2 is 1.10 bits per heavy atom. The largest absolute Gasteiger partial charge is 0.0622 e. The average molecular weight is 337 g/mol. The van der Waals surface area contributed by atoms with Gasteiger partial charge >= 0.3 is 0 Å². The monoisotopic (exact) mass is 336 g/mol. The lowest BCUT2D eigenvalue weighted by Gasteiger charge is -2.13. The summed E-state index contributed by atoms with van der Waals surface area (Å²) >= 11 is 3.65. The van der Waals surface area contributed by atoms with Gasteiger partial charge in [-0.25, -0.2) is 0 Å². The van der Waals surface area contributed by atoms with Crippen molar-refractivity contribution in [1.82, 2.24) is 0 Å². The summed E-state index contributed by atoms with van der Waals surface area (Å²) in [7, 11) is 0. The highest BCUT2D eigenvalue weighted by Gasteiger charge is 2.09. The topological polar surface area (TPSA) is 0 Å². The van der Waals surface area contributed by atoms with E-state index in [9.17, 15) is 0 Å². The molecule has 0 nitrogen and oxygen atoms in total. The summed E-state index contributed by atoms with van der Waals surface area (Å²) in [5, 5.41) is 0. The average Bonchev–Trinajstić information content (AvgIpc) is 2.53. The molecule has 0 spiro atoms.